The Bertz CT molecular complexity index is 1190. The molecule has 0 aliphatic carbocycles. The Hall–Kier alpha value is -3.48. The topological polar surface area (TPSA) is 67.2 Å². The molecule has 5 rings (SSSR count). The fourth-order valence-corrected chi connectivity index (χ4v) is 4.92. The molecular formula is C23H21FN4O2. The molecule has 2 aliphatic heterocycles. The van der Waals surface area contributed by atoms with Crippen LogP contribution in [0.4, 0.5) is 10.1 Å². The molecule has 2 aromatic carbocycles. The number of para-hydroxylation sites is 1. The van der Waals surface area contributed by atoms with E-state index in [0.717, 1.165) is 16.8 Å². The van der Waals surface area contributed by atoms with Crippen LogP contribution < -0.4 is 5.32 Å². The molecule has 1 fully saturated rings. The number of aromatic nitrogens is 2. The molecule has 0 radical (unpaired) electrons. The maximum Gasteiger partial charge on any atom is 0.257 e. The standard InChI is InChI=1S/C23H21FN4O2/c1-14-6-5-7-16(19(14)24)21(29)28-11-10-23(20(28)15-12-25-27(2)13-15)17-8-3-4-9-18(17)26-22(23)30/h3-9,12-13,20H,10-11H2,1-2H3,(H,26,30)/t20-,23+/m0/s1. The predicted molar refractivity (Wildman–Crippen MR) is 109 cm³/mol. The van der Waals surface area contributed by atoms with Gasteiger partial charge in [-0.1, -0.05) is 30.3 Å². The third-order valence-electron chi connectivity index (χ3n) is 6.31. The Labute approximate surface area is 173 Å². The van der Waals surface area contributed by atoms with Crippen LogP contribution in [-0.4, -0.2) is 33.0 Å². The fraction of sp³-hybridized carbons (Fsp3) is 0.261. The highest BCUT2D eigenvalue weighted by Crippen LogP contribution is 2.54. The van der Waals surface area contributed by atoms with Crippen LogP contribution in [0.1, 0.15) is 39.5 Å². The van der Waals surface area contributed by atoms with E-state index in [4.69, 9.17) is 0 Å². The summed E-state index contributed by atoms with van der Waals surface area (Å²) in [5, 5.41) is 7.25. The smallest absolute Gasteiger partial charge is 0.257 e. The molecule has 6 nitrogen and oxygen atoms in total. The first-order valence-electron chi connectivity index (χ1n) is 9.89. The summed E-state index contributed by atoms with van der Waals surface area (Å²) in [6, 6.07) is 11.8. The van der Waals surface area contributed by atoms with Gasteiger partial charge in [-0.05, 0) is 36.6 Å². The lowest BCUT2D eigenvalue weighted by Gasteiger charge is -2.33. The zero-order valence-electron chi connectivity index (χ0n) is 16.7. The van der Waals surface area contributed by atoms with E-state index in [9.17, 15) is 14.0 Å². The number of nitrogens with one attached hydrogen (secondary N) is 1. The highest BCUT2D eigenvalue weighted by atomic mass is 19.1. The first kappa shape index (κ1) is 18.5. The minimum atomic E-state index is -0.935. The van der Waals surface area contributed by atoms with Crippen LogP contribution in [0.5, 0.6) is 0 Å². The molecule has 0 unspecified atom stereocenters. The summed E-state index contributed by atoms with van der Waals surface area (Å²) in [5.41, 5.74) is 1.87. The molecule has 2 atom stereocenters. The summed E-state index contributed by atoms with van der Waals surface area (Å²) in [6.45, 7) is 1.98. The van der Waals surface area contributed by atoms with Gasteiger partial charge in [0.05, 0.1) is 17.8 Å². The molecule has 1 N–H and O–H groups in total. The molecule has 7 heteroatoms. The molecule has 30 heavy (non-hydrogen) atoms. The maximum absolute atomic E-state index is 14.8. The second kappa shape index (κ2) is 6.52. The van der Waals surface area contributed by atoms with Gasteiger partial charge in [-0.25, -0.2) is 4.39 Å². The number of fused-ring (bicyclic) bond motifs is 2. The maximum atomic E-state index is 14.8. The third kappa shape index (κ3) is 2.44. The van der Waals surface area contributed by atoms with E-state index in [1.54, 1.807) is 41.9 Å². The Morgan fingerprint density at radius 3 is 2.80 bits per heavy atom. The number of rotatable bonds is 2. The van der Waals surface area contributed by atoms with Crippen LogP contribution in [0, 0.1) is 12.7 Å². The van der Waals surface area contributed by atoms with Gasteiger partial charge in [-0.3, -0.25) is 14.3 Å². The van der Waals surface area contributed by atoms with E-state index in [1.807, 2.05) is 30.5 Å². The Morgan fingerprint density at radius 1 is 1.23 bits per heavy atom. The van der Waals surface area contributed by atoms with Crippen LogP contribution in [0.15, 0.2) is 54.9 Å². The van der Waals surface area contributed by atoms with Gasteiger partial charge < -0.3 is 10.2 Å². The van der Waals surface area contributed by atoms with Crippen molar-refractivity contribution in [2.24, 2.45) is 7.05 Å². The van der Waals surface area contributed by atoms with Crippen LogP contribution in [0.3, 0.4) is 0 Å². The van der Waals surface area contributed by atoms with Crippen molar-refractivity contribution in [1.29, 1.82) is 0 Å². The van der Waals surface area contributed by atoms with Crippen LogP contribution in [0.25, 0.3) is 0 Å². The number of amides is 2. The molecule has 0 saturated carbocycles. The van der Waals surface area contributed by atoms with Crippen LogP contribution >= 0.6 is 0 Å². The molecule has 1 spiro atoms. The number of benzene rings is 2. The minimum absolute atomic E-state index is 0.0210. The normalized spacial score (nSPS) is 22.4. The largest absolute Gasteiger partial charge is 0.330 e. The molecule has 2 amide bonds. The number of aryl methyl sites for hydroxylation is 2. The van der Waals surface area contributed by atoms with Gasteiger partial charge in [0, 0.05) is 31.0 Å². The summed E-state index contributed by atoms with van der Waals surface area (Å²) in [6.07, 6.45) is 3.95. The number of anilines is 1. The van der Waals surface area contributed by atoms with Crippen LogP contribution in [-0.2, 0) is 17.3 Å². The molecule has 2 aliphatic rings. The summed E-state index contributed by atoms with van der Waals surface area (Å²) >= 11 is 0. The Kier molecular flexibility index (Phi) is 4.03. The molecule has 3 heterocycles. The zero-order chi connectivity index (χ0) is 21.0. The monoisotopic (exact) mass is 404 g/mol. The van der Waals surface area contributed by atoms with Gasteiger partial charge >= 0.3 is 0 Å². The van der Waals surface area contributed by atoms with Gasteiger partial charge in [-0.15, -0.1) is 0 Å². The van der Waals surface area contributed by atoms with E-state index in [0.29, 0.717) is 18.5 Å². The summed E-state index contributed by atoms with van der Waals surface area (Å²) in [4.78, 5) is 28.4. The quantitative estimate of drug-likeness (QED) is 0.712. The summed E-state index contributed by atoms with van der Waals surface area (Å²) in [7, 11) is 1.79. The molecule has 3 aromatic rings. The van der Waals surface area contributed by atoms with Gasteiger partial charge in [0.2, 0.25) is 5.91 Å². The van der Waals surface area contributed by atoms with Crippen molar-refractivity contribution < 1.29 is 14.0 Å². The molecule has 1 saturated heterocycles. The first-order chi connectivity index (χ1) is 14.4. The Balaban J connectivity index is 1.68. The Morgan fingerprint density at radius 2 is 2.03 bits per heavy atom. The van der Waals surface area contributed by atoms with E-state index in [-0.39, 0.29) is 11.5 Å². The average Bonchev–Trinajstić information content (AvgIpc) is 3.41. The van der Waals surface area contributed by atoms with Gasteiger partial charge in [0.15, 0.2) is 0 Å². The molecular weight excluding hydrogens is 383 g/mol. The number of carbonyl (C=O) groups is 2. The summed E-state index contributed by atoms with van der Waals surface area (Å²) < 4.78 is 16.4. The lowest BCUT2D eigenvalue weighted by atomic mass is 9.73. The first-order valence-corrected chi connectivity index (χ1v) is 9.89. The number of halogens is 1. The van der Waals surface area contributed by atoms with Gasteiger partial charge in [0.1, 0.15) is 11.2 Å². The van der Waals surface area contributed by atoms with Crippen molar-refractivity contribution in [3.8, 4) is 0 Å². The average molecular weight is 404 g/mol. The number of hydrogen-bond donors (Lipinski definition) is 1. The molecule has 152 valence electrons. The van der Waals surface area contributed by atoms with E-state index < -0.39 is 23.2 Å². The second-order valence-corrected chi connectivity index (χ2v) is 8.01. The highest BCUT2D eigenvalue weighted by molar-refractivity contribution is 6.08. The van der Waals surface area contributed by atoms with Crippen molar-refractivity contribution in [2.75, 3.05) is 11.9 Å². The van der Waals surface area contributed by atoms with Gasteiger partial charge in [0.25, 0.3) is 5.91 Å². The number of hydrogen-bond acceptors (Lipinski definition) is 3. The number of likely N-dealkylation sites (tertiary alicyclic amines) is 1. The third-order valence-corrected chi connectivity index (χ3v) is 6.31. The fourth-order valence-electron chi connectivity index (χ4n) is 4.92. The van der Waals surface area contributed by atoms with Gasteiger partial charge in [-0.2, -0.15) is 5.10 Å². The summed E-state index contributed by atoms with van der Waals surface area (Å²) in [5.74, 6) is -1.08. The lowest BCUT2D eigenvalue weighted by molar-refractivity contribution is -0.121. The van der Waals surface area contributed by atoms with Crippen LogP contribution in [0.2, 0.25) is 0 Å². The van der Waals surface area contributed by atoms with Crippen molar-refractivity contribution in [1.82, 2.24) is 14.7 Å². The van der Waals surface area contributed by atoms with E-state index in [1.165, 1.54) is 6.07 Å². The minimum Gasteiger partial charge on any atom is -0.330 e. The van der Waals surface area contributed by atoms with E-state index >= 15 is 0 Å². The lowest BCUT2D eigenvalue weighted by Crippen LogP contribution is -2.42. The van der Waals surface area contributed by atoms with Crippen molar-refractivity contribution >= 4 is 17.5 Å². The molecule has 1 aromatic heterocycles. The predicted octanol–water partition coefficient (Wildman–Crippen LogP) is 3.34. The van der Waals surface area contributed by atoms with Crippen molar-refractivity contribution in [2.45, 2.75) is 24.8 Å². The zero-order valence-corrected chi connectivity index (χ0v) is 16.7. The number of nitrogens with zero attached hydrogens (tertiary/aromatic N) is 3. The van der Waals surface area contributed by atoms with Crippen molar-refractivity contribution in [3.63, 3.8) is 0 Å². The van der Waals surface area contributed by atoms with Crippen molar-refractivity contribution in [3.05, 3.63) is 82.9 Å². The SMILES string of the molecule is Cc1cccc(C(=O)N2CC[C@]3(C(=O)Nc4ccccc43)[C@@H]2c2cnn(C)c2)c1F. The highest BCUT2D eigenvalue weighted by Gasteiger charge is 2.59. The van der Waals surface area contributed by atoms with E-state index in [2.05, 4.69) is 10.4 Å². The molecule has 0 bridgehead atoms. The number of carbonyl (C=O) groups excluding carboxylic acids is 2. The second-order valence-electron chi connectivity index (χ2n) is 8.01.